The van der Waals surface area contributed by atoms with E-state index in [4.69, 9.17) is 4.74 Å². The van der Waals surface area contributed by atoms with Crippen molar-refractivity contribution in [1.82, 2.24) is 4.57 Å². The van der Waals surface area contributed by atoms with Gasteiger partial charge in [0.1, 0.15) is 17.9 Å². The number of fused-ring (bicyclic) bond motifs is 1. The van der Waals surface area contributed by atoms with Crippen molar-refractivity contribution in [2.24, 2.45) is 0 Å². The number of carbonyl (C=O) groups excluding carboxylic acids is 1. The molecule has 1 fully saturated rings. The molecule has 29 heavy (non-hydrogen) atoms. The van der Waals surface area contributed by atoms with E-state index in [0.29, 0.717) is 30.5 Å². The molecule has 6 nitrogen and oxygen atoms in total. The van der Waals surface area contributed by atoms with Gasteiger partial charge in [-0.25, -0.2) is 0 Å². The molecular weight excluding hydrogens is 384 g/mol. The third kappa shape index (κ3) is 3.85. The van der Waals surface area contributed by atoms with E-state index < -0.39 is 0 Å². The average Bonchev–Trinajstić information content (AvgIpc) is 3.42. The monoisotopic (exact) mass is 413 g/mol. The summed E-state index contributed by atoms with van der Waals surface area (Å²) in [5, 5.41) is 14.9. The van der Waals surface area contributed by atoms with Crippen LogP contribution < -0.4 is 10.2 Å². The van der Waals surface area contributed by atoms with E-state index in [1.807, 2.05) is 25.2 Å². The molecule has 154 valence electrons. The first kappa shape index (κ1) is 20.1. The number of hydrogen-bond donors (Lipinski definition) is 2. The molecule has 2 aliphatic heterocycles. The summed E-state index contributed by atoms with van der Waals surface area (Å²) < 4.78 is 7.86. The lowest BCUT2D eigenvalue weighted by atomic mass is 10.0. The van der Waals surface area contributed by atoms with Crippen LogP contribution in [-0.2, 0) is 22.5 Å². The van der Waals surface area contributed by atoms with Gasteiger partial charge in [0.15, 0.2) is 6.54 Å². The zero-order valence-corrected chi connectivity index (χ0v) is 18.2. The number of hydrogen-bond acceptors (Lipinski definition) is 4. The van der Waals surface area contributed by atoms with E-state index in [2.05, 4.69) is 34.3 Å². The van der Waals surface area contributed by atoms with Crippen LogP contribution in [0.2, 0.25) is 0 Å². The average molecular weight is 414 g/mol. The number of ether oxygens (including phenoxy) is 1. The molecule has 1 amide bonds. The Morgan fingerprint density at radius 2 is 2.31 bits per heavy atom. The number of quaternary nitrogens is 1. The van der Waals surface area contributed by atoms with Crippen molar-refractivity contribution in [3.8, 4) is 6.07 Å². The molecule has 1 saturated heterocycles. The number of thiophene rings is 1. The molecule has 4 rings (SSSR count). The highest BCUT2D eigenvalue weighted by atomic mass is 32.1. The van der Waals surface area contributed by atoms with E-state index in [1.54, 1.807) is 0 Å². The second kappa shape index (κ2) is 8.31. The lowest BCUT2D eigenvalue weighted by Gasteiger charge is -2.30. The summed E-state index contributed by atoms with van der Waals surface area (Å²) in [4.78, 5) is 15.7. The predicted molar refractivity (Wildman–Crippen MR) is 113 cm³/mol. The Balaban J connectivity index is 1.52. The van der Waals surface area contributed by atoms with Gasteiger partial charge in [0.2, 0.25) is 0 Å². The van der Waals surface area contributed by atoms with Gasteiger partial charge in [-0.15, -0.1) is 11.3 Å². The highest BCUT2D eigenvalue weighted by molar-refractivity contribution is 7.10. The fourth-order valence-corrected chi connectivity index (χ4v) is 5.60. The van der Waals surface area contributed by atoms with Gasteiger partial charge in [-0.1, -0.05) is 0 Å². The van der Waals surface area contributed by atoms with Crippen molar-refractivity contribution in [3.05, 3.63) is 38.7 Å². The third-order valence-corrected chi connectivity index (χ3v) is 7.53. The Hall–Kier alpha value is -2.14. The van der Waals surface area contributed by atoms with Crippen LogP contribution in [0.1, 0.15) is 53.1 Å². The van der Waals surface area contributed by atoms with Crippen molar-refractivity contribution < 1.29 is 14.4 Å². The summed E-state index contributed by atoms with van der Waals surface area (Å²) in [6.07, 6.45) is 3.26. The maximum atomic E-state index is 13.0. The zero-order valence-electron chi connectivity index (χ0n) is 17.4. The minimum atomic E-state index is -0.0341. The molecule has 2 aromatic heterocycles. The predicted octanol–water partition coefficient (Wildman–Crippen LogP) is 2.36. The van der Waals surface area contributed by atoms with Crippen LogP contribution in [0.5, 0.6) is 0 Å². The highest BCUT2D eigenvalue weighted by Gasteiger charge is 2.31. The molecular formula is C22H29N4O2S+. The van der Waals surface area contributed by atoms with Crippen LogP contribution in [0.4, 0.5) is 5.82 Å². The van der Waals surface area contributed by atoms with E-state index in [0.717, 1.165) is 43.7 Å². The lowest BCUT2D eigenvalue weighted by molar-refractivity contribution is -0.923. The van der Waals surface area contributed by atoms with Crippen molar-refractivity contribution in [1.29, 1.82) is 5.26 Å². The molecule has 4 heterocycles. The topological polar surface area (TPSA) is 71.5 Å². The van der Waals surface area contributed by atoms with Gasteiger partial charge < -0.3 is 19.5 Å². The molecule has 0 bridgehead atoms. The number of amides is 1. The first-order valence-corrected chi connectivity index (χ1v) is 11.3. The molecule has 2 aliphatic rings. The quantitative estimate of drug-likeness (QED) is 0.791. The van der Waals surface area contributed by atoms with Crippen LogP contribution in [0, 0.1) is 25.2 Å². The number of rotatable bonds is 5. The molecule has 1 unspecified atom stereocenters. The summed E-state index contributed by atoms with van der Waals surface area (Å²) in [6.45, 7) is 8.99. The summed E-state index contributed by atoms with van der Waals surface area (Å²) in [6, 6.07) is 4.80. The smallest absolute Gasteiger partial charge is 0.280 e. The Morgan fingerprint density at radius 3 is 3.03 bits per heavy atom. The van der Waals surface area contributed by atoms with Crippen LogP contribution in [-0.4, -0.2) is 36.3 Å². The number of anilines is 1. The molecule has 0 radical (unpaired) electrons. The maximum Gasteiger partial charge on any atom is 0.280 e. The normalized spacial score (nSPS) is 23.6. The van der Waals surface area contributed by atoms with Gasteiger partial charge in [0.25, 0.3) is 5.91 Å². The number of nitriles is 1. The number of nitrogens with one attached hydrogen (secondary N) is 2. The molecule has 3 atom stereocenters. The standard InChI is InChI=1S/C22H28N4O2S/c1-14-15(2)26(12-17-5-4-9-28-17)22(19(14)11-23)24-21(27)13-25-8-6-20-18(16(25)3)7-10-29-20/h7,10,16-17H,4-6,8-9,12-13H2,1-3H3,(H,24,27)/p+1/t16-,17+/m1/s1. The van der Waals surface area contributed by atoms with Crippen LogP contribution in [0.15, 0.2) is 11.4 Å². The van der Waals surface area contributed by atoms with Gasteiger partial charge in [-0.05, 0) is 50.6 Å². The highest BCUT2D eigenvalue weighted by Crippen LogP contribution is 2.28. The van der Waals surface area contributed by atoms with Gasteiger partial charge in [-0.2, -0.15) is 5.26 Å². The molecule has 0 saturated carbocycles. The van der Waals surface area contributed by atoms with E-state index >= 15 is 0 Å². The van der Waals surface area contributed by atoms with Gasteiger partial charge in [0, 0.05) is 29.2 Å². The first-order valence-electron chi connectivity index (χ1n) is 10.4. The van der Waals surface area contributed by atoms with Gasteiger partial charge >= 0.3 is 0 Å². The number of nitrogens with zero attached hydrogens (tertiary/aromatic N) is 2. The van der Waals surface area contributed by atoms with Crippen LogP contribution >= 0.6 is 11.3 Å². The van der Waals surface area contributed by atoms with Crippen molar-refractivity contribution in [2.75, 3.05) is 25.0 Å². The SMILES string of the molecule is Cc1c(C#N)c(NC(=O)C[NH+]2CCc3sccc3[C@H]2C)n(C[C@@H]2CCCO2)c1C. The molecule has 7 heteroatoms. The summed E-state index contributed by atoms with van der Waals surface area (Å²) >= 11 is 1.81. The van der Waals surface area contributed by atoms with E-state index in [9.17, 15) is 10.1 Å². The third-order valence-electron chi connectivity index (χ3n) is 6.53. The molecule has 0 aromatic carbocycles. The summed E-state index contributed by atoms with van der Waals surface area (Å²) in [5.74, 6) is 0.594. The Bertz CT molecular complexity index is 949. The molecule has 0 aliphatic carbocycles. The zero-order chi connectivity index (χ0) is 20.5. The molecule has 0 spiro atoms. The second-order valence-electron chi connectivity index (χ2n) is 8.20. The van der Waals surface area contributed by atoms with Crippen molar-refractivity contribution in [3.63, 3.8) is 0 Å². The van der Waals surface area contributed by atoms with Crippen molar-refractivity contribution >= 4 is 23.1 Å². The number of carbonyl (C=O) groups is 1. The second-order valence-corrected chi connectivity index (χ2v) is 9.20. The van der Waals surface area contributed by atoms with Crippen LogP contribution in [0.3, 0.4) is 0 Å². The molecule has 2 aromatic rings. The van der Waals surface area contributed by atoms with Gasteiger partial charge in [-0.3, -0.25) is 4.79 Å². The van der Waals surface area contributed by atoms with E-state index in [-0.39, 0.29) is 12.0 Å². The largest absolute Gasteiger partial charge is 0.376 e. The van der Waals surface area contributed by atoms with E-state index in [1.165, 1.54) is 15.3 Å². The first-order chi connectivity index (χ1) is 14.0. The Labute approximate surface area is 176 Å². The molecule has 2 N–H and O–H groups in total. The minimum Gasteiger partial charge on any atom is -0.376 e. The fraction of sp³-hybridized carbons (Fsp3) is 0.545. The number of aromatic nitrogens is 1. The minimum absolute atomic E-state index is 0.0341. The Kier molecular flexibility index (Phi) is 5.77. The Morgan fingerprint density at radius 1 is 1.48 bits per heavy atom. The van der Waals surface area contributed by atoms with Gasteiger partial charge in [0.05, 0.1) is 24.8 Å². The van der Waals surface area contributed by atoms with Crippen molar-refractivity contribution in [2.45, 2.75) is 58.7 Å². The fourth-order valence-electron chi connectivity index (χ4n) is 4.62. The summed E-state index contributed by atoms with van der Waals surface area (Å²) in [7, 11) is 0. The van der Waals surface area contributed by atoms with Crippen LogP contribution in [0.25, 0.3) is 0 Å². The maximum absolute atomic E-state index is 13.0. The summed E-state index contributed by atoms with van der Waals surface area (Å²) in [5.41, 5.74) is 3.89. The lowest BCUT2D eigenvalue weighted by Crippen LogP contribution is -3.14.